The van der Waals surface area contributed by atoms with Crippen LogP contribution in [0.5, 0.6) is 0 Å². The van der Waals surface area contributed by atoms with Gasteiger partial charge in [-0.15, -0.1) is 0 Å². The number of aromatic nitrogens is 2. The fraction of sp³-hybridized carbons (Fsp3) is 0.433. The van der Waals surface area contributed by atoms with Gasteiger partial charge in [0.2, 0.25) is 23.6 Å². The van der Waals surface area contributed by atoms with Gasteiger partial charge in [-0.3, -0.25) is 24.2 Å². The number of nitrogens with zero attached hydrogens (tertiary/aromatic N) is 4. The van der Waals surface area contributed by atoms with E-state index in [1.54, 1.807) is 28.3 Å². The van der Waals surface area contributed by atoms with Crippen molar-refractivity contribution in [2.45, 2.75) is 57.7 Å². The molecule has 1 aromatic carbocycles. The third-order valence-electron chi connectivity index (χ3n) is 7.75. The monoisotopic (exact) mass is 544 g/mol. The lowest BCUT2D eigenvalue weighted by Crippen LogP contribution is -2.57. The predicted molar refractivity (Wildman–Crippen MR) is 150 cm³/mol. The number of fused-ring (bicyclic) bond motifs is 2. The van der Waals surface area contributed by atoms with Crippen LogP contribution >= 0.6 is 0 Å². The second-order valence-electron chi connectivity index (χ2n) is 10.6. The van der Waals surface area contributed by atoms with E-state index >= 15 is 0 Å². The smallest absolute Gasteiger partial charge is 0.246 e. The highest BCUT2D eigenvalue weighted by molar-refractivity contribution is 5.96. The zero-order chi connectivity index (χ0) is 28.1. The summed E-state index contributed by atoms with van der Waals surface area (Å²) < 4.78 is 0. The molecule has 3 aromatic rings. The molecule has 0 aliphatic carbocycles. The third-order valence-corrected chi connectivity index (χ3v) is 7.75. The van der Waals surface area contributed by atoms with E-state index < -0.39 is 12.1 Å². The van der Waals surface area contributed by atoms with E-state index in [4.69, 9.17) is 0 Å². The Balaban J connectivity index is 1.50. The Morgan fingerprint density at radius 1 is 1.00 bits per heavy atom. The summed E-state index contributed by atoms with van der Waals surface area (Å²) in [5.74, 6) is -1.20. The van der Waals surface area contributed by atoms with Crippen LogP contribution in [-0.2, 0) is 32.1 Å². The number of unbranched alkanes of at least 4 members (excludes halogenated alkanes) is 1. The van der Waals surface area contributed by atoms with Crippen molar-refractivity contribution >= 4 is 34.5 Å². The molecular formula is C30H36N6O4. The number of benzene rings is 1. The number of nitrogens with one attached hydrogen (secondary N) is 2. The summed E-state index contributed by atoms with van der Waals surface area (Å²) in [4.78, 5) is 66.9. The molecule has 210 valence electrons. The summed E-state index contributed by atoms with van der Waals surface area (Å²) in [5, 5.41) is 3.89. The number of amides is 4. The van der Waals surface area contributed by atoms with Gasteiger partial charge < -0.3 is 25.0 Å². The van der Waals surface area contributed by atoms with Crippen molar-refractivity contribution in [3.8, 4) is 0 Å². The molecule has 5 rings (SSSR count). The van der Waals surface area contributed by atoms with Crippen molar-refractivity contribution < 1.29 is 19.2 Å². The highest BCUT2D eigenvalue weighted by atomic mass is 16.2. The highest BCUT2D eigenvalue weighted by Gasteiger charge is 2.39. The largest absolute Gasteiger partial charge is 0.361 e. The van der Waals surface area contributed by atoms with E-state index in [1.165, 1.54) is 4.90 Å². The molecule has 0 radical (unpaired) electrons. The maximum absolute atomic E-state index is 14.2. The zero-order valence-electron chi connectivity index (χ0n) is 22.8. The summed E-state index contributed by atoms with van der Waals surface area (Å²) in [5.41, 5.74) is 2.59. The average Bonchev–Trinajstić information content (AvgIpc) is 3.62. The second-order valence-corrected chi connectivity index (χ2v) is 10.6. The summed E-state index contributed by atoms with van der Waals surface area (Å²) in [6, 6.07) is 9.88. The molecule has 2 fully saturated rings. The lowest BCUT2D eigenvalue weighted by molar-refractivity contribution is -0.150. The number of H-pyrrole nitrogens is 1. The highest BCUT2D eigenvalue weighted by Crippen LogP contribution is 2.23. The quantitative estimate of drug-likeness (QED) is 0.473. The number of rotatable bonds is 7. The first-order valence-electron chi connectivity index (χ1n) is 14.0. The van der Waals surface area contributed by atoms with Crippen LogP contribution in [0.2, 0.25) is 0 Å². The molecule has 2 aliphatic heterocycles. The fourth-order valence-electron chi connectivity index (χ4n) is 5.68. The standard InChI is InChI=1S/C30H36N6O4/c1-2-3-13-34-19-27(37)33-25(15-22-17-32-24-10-5-4-9-23(22)24)29(39)35(18-21-8-6-12-31-16-21)20-28(38)36-14-7-11-26(36)30(34)40/h4-6,8-10,12,16-17,25-26,32H,2-3,7,11,13-15,18-20H2,1H3,(H,33,37)/t25-,26+/m0/s1. The van der Waals surface area contributed by atoms with Gasteiger partial charge in [0.1, 0.15) is 18.6 Å². The number of carbonyl (C=O) groups excluding carboxylic acids is 4. The number of para-hydroxylation sites is 1. The van der Waals surface area contributed by atoms with Crippen molar-refractivity contribution in [1.82, 2.24) is 30.0 Å². The van der Waals surface area contributed by atoms with E-state index in [0.29, 0.717) is 25.9 Å². The second kappa shape index (κ2) is 12.3. The first-order chi connectivity index (χ1) is 19.4. The van der Waals surface area contributed by atoms with Gasteiger partial charge in [0, 0.05) is 55.5 Å². The van der Waals surface area contributed by atoms with Crippen LogP contribution in [0.15, 0.2) is 55.0 Å². The normalized spacial score (nSPS) is 20.9. The van der Waals surface area contributed by atoms with E-state index in [-0.39, 0.29) is 49.7 Å². The molecule has 2 N–H and O–H groups in total. The molecular weight excluding hydrogens is 508 g/mol. The fourth-order valence-corrected chi connectivity index (χ4v) is 5.68. The lowest BCUT2D eigenvalue weighted by Gasteiger charge is -2.34. The average molecular weight is 545 g/mol. The lowest BCUT2D eigenvalue weighted by atomic mass is 10.0. The van der Waals surface area contributed by atoms with Gasteiger partial charge in [0.15, 0.2) is 0 Å². The Kier molecular flexibility index (Phi) is 8.42. The van der Waals surface area contributed by atoms with Crippen LogP contribution < -0.4 is 5.32 Å². The van der Waals surface area contributed by atoms with E-state index in [2.05, 4.69) is 15.3 Å². The van der Waals surface area contributed by atoms with Gasteiger partial charge in [-0.25, -0.2) is 0 Å². The Morgan fingerprint density at radius 2 is 1.85 bits per heavy atom. The minimum atomic E-state index is -0.923. The van der Waals surface area contributed by atoms with Crippen LogP contribution in [0.4, 0.5) is 0 Å². The van der Waals surface area contributed by atoms with Crippen molar-refractivity contribution in [3.05, 3.63) is 66.1 Å². The number of hydrogen-bond donors (Lipinski definition) is 2. The van der Waals surface area contributed by atoms with Crippen LogP contribution in [0.25, 0.3) is 10.9 Å². The summed E-state index contributed by atoms with van der Waals surface area (Å²) in [7, 11) is 0. The molecule has 10 nitrogen and oxygen atoms in total. The van der Waals surface area contributed by atoms with Crippen LogP contribution in [0, 0.1) is 0 Å². The van der Waals surface area contributed by atoms with Crippen LogP contribution in [0.3, 0.4) is 0 Å². The number of aromatic amines is 1. The van der Waals surface area contributed by atoms with Gasteiger partial charge in [-0.1, -0.05) is 37.6 Å². The zero-order valence-corrected chi connectivity index (χ0v) is 22.8. The first kappa shape index (κ1) is 27.4. The molecule has 2 saturated heterocycles. The van der Waals surface area contributed by atoms with Crippen molar-refractivity contribution in [1.29, 1.82) is 0 Å². The van der Waals surface area contributed by atoms with E-state index in [1.807, 2.05) is 43.5 Å². The van der Waals surface area contributed by atoms with Crippen LogP contribution in [0.1, 0.15) is 43.7 Å². The van der Waals surface area contributed by atoms with Crippen molar-refractivity contribution in [3.63, 3.8) is 0 Å². The number of pyridine rings is 1. The molecule has 10 heteroatoms. The SMILES string of the molecule is CCCCN1CC(=O)N[C@@H](Cc2c[nH]c3ccccc23)C(=O)N(Cc2cccnc2)CC(=O)N2CCC[C@@H]2C1=O. The number of carbonyl (C=O) groups is 4. The summed E-state index contributed by atoms with van der Waals surface area (Å²) in [6.45, 7) is 2.73. The van der Waals surface area contributed by atoms with Gasteiger partial charge in [0.25, 0.3) is 0 Å². The summed E-state index contributed by atoms with van der Waals surface area (Å²) >= 11 is 0. The Bertz CT molecular complexity index is 1370. The molecule has 2 atom stereocenters. The van der Waals surface area contributed by atoms with Crippen LogP contribution in [-0.4, -0.2) is 86.6 Å². The maximum atomic E-state index is 14.2. The molecule has 4 heterocycles. The predicted octanol–water partition coefficient (Wildman–Crippen LogP) is 2.25. The van der Waals surface area contributed by atoms with Crippen molar-refractivity contribution in [2.75, 3.05) is 26.2 Å². The van der Waals surface area contributed by atoms with E-state index in [0.717, 1.165) is 34.9 Å². The van der Waals surface area contributed by atoms with Gasteiger partial charge in [-0.2, -0.15) is 0 Å². The Hall–Kier alpha value is -4.21. The topological polar surface area (TPSA) is 119 Å². The molecule has 40 heavy (non-hydrogen) atoms. The van der Waals surface area contributed by atoms with Gasteiger partial charge >= 0.3 is 0 Å². The Morgan fingerprint density at radius 3 is 2.65 bits per heavy atom. The maximum Gasteiger partial charge on any atom is 0.246 e. The van der Waals surface area contributed by atoms with E-state index in [9.17, 15) is 19.2 Å². The van der Waals surface area contributed by atoms with Gasteiger partial charge in [0.05, 0.1) is 6.54 Å². The molecule has 2 aliphatic rings. The molecule has 4 amide bonds. The van der Waals surface area contributed by atoms with Crippen molar-refractivity contribution in [2.24, 2.45) is 0 Å². The third kappa shape index (κ3) is 6.00. The molecule has 0 bridgehead atoms. The minimum absolute atomic E-state index is 0.155. The molecule has 0 unspecified atom stereocenters. The Labute approximate surface area is 233 Å². The summed E-state index contributed by atoms with van der Waals surface area (Å²) in [6.07, 6.45) is 8.26. The molecule has 0 spiro atoms. The molecule has 2 aromatic heterocycles. The van der Waals surface area contributed by atoms with Gasteiger partial charge in [-0.05, 0) is 42.5 Å². The minimum Gasteiger partial charge on any atom is -0.361 e. The molecule has 0 saturated carbocycles. The first-order valence-corrected chi connectivity index (χ1v) is 14.0. The number of hydrogen-bond acceptors (Lipinski definition) is 5.